The van der Waals surface area contributed by atoms with Gasteiger partial charge < -0.3 is 5.32 Å². The van der Waals surface area contributed by atoms with Gasteiger partial charge in [0.2, 0.25) is 10.0 Å². The molecule has 0 radical (unpaired) electrons. The van der Waals surface area contributed by atoms with Gasteiger partial charge in [-0.25, -0.2) is 18.1 Å². The molecule has 0 saturated carbocycles. The molecule has 0 unspecified atom stereocenters. The SMILES string of the molecule is Cc1cc(NCC(C)(C)NS(C)(=O)=O)n2ncnc2n1. The normalized spacial score (nSPS) is 12.8. The van der Waals surface area contributed by atoms with Crippen LogP contribution in [0, 0.1) is 6.92 Å². The Hall–Kier alpha value is -1.74. The smallest absolute Gasteiger partial charge is 0.254 e. The summed E-state index contributed by atoms with van der Waals surface area (Å²) in [5.41, 5.74) is 0.180. The van der Waals surface area contributed by atoms with E-state index in [-0.39, 0.29) is 0 Å². The van der Waals surface area contributed by atoms with Crippen molar-refractivity contribution in [3.63, 3.8) is 0 Å². The summed E-state index contributed by atoms with van der Waals surface area (Å²) in [6.07, 6.45) is 2.56. The quantitative estimate of drug-likeness (QED) is 0.816. The van der Waals surface area contributed by atoms with Gasteiger partial charge in [0.25, 0.3) is 5.78 Å². The van der Waals surface area contributed by atoms with Crippen LogP contribution in [0.2, 0.25) is 0 Å². The number of aromatic nitrogens is 4. The molecule has 9 heteroatoms. The van der Waals surface area contributed by atoms with Crippen LogP contribution in [0.15, 0.2) is 12.4 Å². The Balaban J connectivity index is 2.19. The first-order valence-electron chi connectivity index (χ1n) is 6.06. The molecule has 0 aliphatic rings. The van der Waals surface area contributed by atoms with Crippen LogP contribution in [0.3, 0.4) is 0 Å². The summed E-state index contributed by atoms with van der Waals surface area (Å²) in [6.45, 7) is 5.86. The maximum atomic E-state index is 11.3. The third-order valence-electron chi connectivity index (χ3n) is 2.55. The first-order chi connectivity index (χ1) is 9.16. The Morgan fingerprint density at radius 1 is 1.40 bits per heavy atom. The van der Waals surface area contributed by atoms with Crippen LogP contribution in [0.1, 0.15) is 19.5 Å². The molecule has 0 atom stereocenters. The lowest BCUT2D eigenvalue weighted by Gasteiger charge is -2.25. The van der Waals surface area contributed by atoms with Gasteiger partial charge in [0.05, 0.1) is 6.26 Å². The molecule has 0 aromatic carbocycles. The van der Waals surface area contributed by atoms with E-state index in [1.165, 1.54) is 6.33 Å². The van der Waals surface area contributed by atoms with E-state index in [0.717, 1.165) is 11.9 Å². The lowest BCUT2D eigenvalue weighted by Crippen LogP contribution is -2.48. The van der Waals surface area contributed by atoms with Crippen LogP contribution in [0.4, 0.5) is 5.82 Å². The van der Waals surface area contributed by atoms with Crippen LogP contribution < -0.4 is 10.0 Å². The lowest BCUT2D eigenvalue weighted by atomic mass is 10.1. The molecular weight excluding hydrogens is 280 g/mol. The van der Waals surface area contributed by atoms with Gasteiger partial charge in [0.15, 0.2) is 0 Å². The standard InChI is InChI=1S/C11H18N6O2S/c1-8-5-9(17-10(15-8)13-7-14-17)12-6-11(2,3)16-20(4,18)19/h5,7,12,16H,6H2,1-4H3. The summed E-state index contributed by atoms with van der Waals surface area (Å²) >= 11 is 0. The fraction of sp³-hybridized carbons (Fsp3) is 0.545. The highest BCUT2D eigenvalue weighted by molar-refractivity contribution is 7.88. The number of nitrogens with one attached hydrogen (secondary N) is 2. The number of hydrogen-bond acceptors (Lipinski definition) is 6. The number of nitrogens with zero attached hydrogens (tertiary/aromatic N) is 4. The van der Waals surface area contributed by atoms with E-state index in [1.54, 1.807) is 18.4 Å². The van der Waals surface area contributed by atoms with Crippen molar-refractivity contribution in [2.24, 2.45) is 0 Å². The summed E-state index contributed by atoms with van der Waals surface area (Å²) in [4.78, 5) is 8.27. The highest BCUT2D eigenvalue weighted by Crippen LogP contribution is 2.12. The second-order valence-corrected chi connectivity index (χ2v) is 7.11. The average molecular weight is 298 g/mol. The van der Waals surface area contributed by atoms with E-state index < -0.39 is 15.6 Å². The molecule has 2 aromatic rings. The first kappa shape index (κ1) is 14.7. The maximum Gasteiger partial charge on any atom is 0.254 e. The Kier molecular flexibility index (Phi) is 3.65. The summed E-state index contributed by atoms with van der Waals surface area (Å²) in [5, 5.41) is 7.25. The molecule has 2 rings (SSSR count). The van der Waals surface area contributed by atoms with Gasteiger partial charge in [-0.05, 0) is 20.8 Å². The number of aryl methyl sites for hydroxylation is 1. The maximum absolute atomic E-state index is 11.3. The summed E-state index contributed by atoms with van der Waals surface area (Å²) in [5.74, 6) is 1.22. The van der Waals surface area contributed by atoms with Crippen LogP contribution in [0.5, 0.6) is 0 Å². The number of rotatable bonds is 5. The van der Waals surface area contributed by atoms with Crippen molar-refractivity contribution in [2.75, 3.05) is 18.1 Å². The monoisotopic (exact) mass is 298 g/mol. The average Bonchev–Trinajstić information content (AvgIpc) is 2.70. The molecule has 110 valence electrons. The molecule has 2 heterocycles. The van der Waals surface area contributed by atoms with Crippen molar-refractivity contribution in [2.45, 2.75) is 26.3 Å². The molecule has 0 bridgehead atoms. The molecule has 0 saturated heterocycles. The van der Waals surface area contributed by atoms with Crippen LogP contribution >= 0.6 is 0 Å². The zero-order valence-corrected chi connectivity index (χ0v) is 12.7. The van der Waals surface area contributed by atoms with Gasteiger partial charge in [-0.15, -0.1) is 0 Å². The van der Waals surface area contributed by atoms with Crippen molar-refractivity contribution in [3.05, 3.63) is 18.1 Å². The van der Waals surface area contributed by atoms with Crippen LogP contribution in [0.25, 0.3) is 5.78 Å². The number of sulfonamides is 1. The lowest BCUT2D eigenvalue weighted by molar-refractivity contribution is 0.475. The minimum absolute atomic E-state index is 0.401. The fourth-order valence-corrected chi connectivity index (χ4v) is 2.98. The second-order valence-electron chi connectivity index (χ2n) is 5.37. The van der Waals surface area contributed by atoms with E-state index in [9.17, 15) is 8.42 Å². The summed E-state index contributed by atoms with van der Waals surface area (Å²) in [7, 11) is -3.26. The zero-order chi connectivity index (χ0) is 15.0. The molecule has 0 spiro atoms. The Morgan fingerprint density at radius 3 is 2.75 bits per heavy atom. The van der Waals surface area contributed by atoms with Gasteiger partial charge in [0.1, 0.15) is 12.1 Å². The zero-order valence-electron chi connectivity index (χ0n) is 11.9. The van der Waals surface area contributed by atoms with Crippen LogP contribution in [-0.2, 0) is 10.0 Å². The van der Waals surface area contributed by atoms with Gasteiger partial charge in [0, 0.05) is 23.8 Å². The predicted octanol–water partition coefficient (Wildman–Crippen LogP) is 0.172. The van der Waals surface area contributed by atoms with Gasteiger partial charge in [-0.1, -0.05) is 0 Å². The third kappa shape index (κ3) is 3.64. The van der Waals surface area contributed by atoms with E-state index in [1.807, 2.05) is 13.0 Å². The van der Waals surface area contributed by atoms with Gasteiger partial charge >= 0.3 is 0 Å². The predicted molar refractivity (Wildman–Crippen MR) is 76.1 cm³/mol. The Bertz CT molecular complexity index is 722. The van der Waals surface area contributed by atoms with Crippen molar-refractivity contribution >= 4 is 21.6 Å². The molecule has 0 fully saturated rings. The van der Waals surface area contributed by atoms with Crippen LogP contribution in [-0.4, -0.2) is 46.3 Å². The highest BCUT2D eigenvalue weighted by Gasteiger charge is 2.22. The number of anilines is 1. The topological polar surface area (TPSA) is 101 Å². The van der Waals surface area contributed by atoms with Gasteiger partial charge in [-0.2, -0.15) is 14.6 Å². The van der Waals surface area contributed by atoms with Crippen molar-refractivity contribution < 1.29 is 8.42 Å². The van der Waals surface area contributed by atoms with Crippen molar-refractivity contribution in [1.82, 2.24) is 24.3 Å². The summed E-state index contributed by atoms with van der Waals surface area (Å²) < 4.78 is 26.8. The molecule has 2 aromatic heterocycles. The van der Waals surface area contributed by atoms with E-state index in [0.29, 0.717) is 18.1 Å². The Morgan fingerprint density at radius 2 is 2.10 bits per heavy atom. The van der Waals surface area contributed by atoms with Crippen molar-refractivity contribution in [3.8, 4) is 0 Å². The first-order valence-corrected chi connectivity index (χ1v) is 7.96. The molecular formula is C11H18N6O2S. The molecule has 0 amide bonds. The Labute approximate surface area is 117 Å². The minimum Gasteiger partial charge on any atom is -0.368 e. The molecule has 2 N–H and O–H groups in total. The fourth-order valence-electron chi connectivity index (χ4n) is 1.91. The highest BCUT2D eigenvalue weighted by atomic mass is 32.2. The number of fused-ring (bicyclic) bond motifs is 1. The van der Waals surface area contributed by atoms with Gasteiger partial charge in [-0.3, -0.25) is 0 Å². The van der Waals surface area contributed by atoms with E-state index >= 15 is 0 Å². The minimum atomic E-state index is -3.26. The largest absolute Gasteiger partial charge is 0.368 e. The van der Waals surface area contributed by atoms with Crippen molar-refractivity contribution in [1.29, 1.82) is 0 Å². The number of hydrogen-bond donors (Lipinski definition) is 2. The molecule has 20 heavy (non-hydrogen) atoms. The molecule has 0 aliphatic heterocycles. The molecule has 8 nitrogen and oxygen atoms in total. The third-order valence-corrected chi connectivity index (χ3v) is 3.48. The second kappa shape index (κ2) is 4.98. The summed E-state index contributed by atoms with van der Waals surface area (Å²) in [6, 6.07) is 1.83. The van der Waals surface area contributed by atoms with E-state index in [2.05, 4.69) is 25.1 Å². The molecule has 0 aliphatic carbocycles. The van der Waals surface area contributed by atoms with E-state index in [4.69, 9.17) is 0 Å².